The van der Waals surface area contributed by atoms with Crippen LogP contribution in [0.3, 0.4) is 0 Å². The molecular weight excluding hydrogens is 320 g/mol. The molecule has 1 saturated heterocycles. The lowest BCUT2D eigenvalue weighted by Crippen LogP contribution is -2.40. The van der Waals surface area contributed by atoms with E-state index in [1.54, 1.807) is 20.3 Å². The highest BCUT2D eigenvalue weighted by atomic mass is 16.5. The monoisotopic (exact) mass is 344 g/mol. The van der Waals surface area contributed by atoms with Crippen molar-refractivity contribution in [3.63, 3.8) is 0 Å². The molecule has 0 spiro atoms. The third kappa shape index (κ3) is 4.20. The molecule has 0 bridgehead atoms. The summed E-state index contributed by atoms with van der Waals surface area (Å²) < 4.78 is 15.6. The van der Waals surface area contributed by atoms with Gasteiger partial charge in [-0.25, -0.2) is 0 Å². The van der Waals surface area contributed by atoms with Crippen molar-refractivity contribution in [2.24, 2.45) is 5.92 Å². The van der Waals surface area contributed by atoms with Gasteiger partial charge >= 0.3 is 0 Å². The maximum absolute atomic E-state index is 12.7. The van der Waals surface area contributed by atoms with Crippen molar-refractivity contribution in [1.29, 1.82) is 0 Å². The summed E-state index contributed by atoms with van der Waals surface area (Å²) in [6.45, 7) is 1.80. The lowest BCUT2D eigenvalue weighted by Gasteiger charge is -2.32. The molecule has 1 aliphatic heterocycles. The highest BCUT2D eigenvalue weighted by molar-refractivity contribution is 5.92. The second-order valence-corrected chi connectivity index (χ2v) is 6.39. The zero-order valence-corrected chi connectivity index (χ0v) is 14.7. The number of methoxy groups -OCH3 is 2. The summed E-state index contributed by atoms with van der Waals surface area (Å²) in [6.07, 6.45) is 3.01. The summed E-state index contributed by atoms with van der Waals surface area (Å²) in [5, 5.41) is 3.88. The van der Waals surface area contributed by atoms with E-state index < -0.39 is 0 Å². The first-order valence-electron chi connectivity index (χ1n) is 8.57. The lowest BCUT2D eigenvalue weighted by atomic mass is 9.90. The van der Waals surface area contributed by atoms with Crippen molar-refractivity contribution in [3.05, 3.63) is 47.3 Å². The third-order valence-electron chi connectivity index (χ3n) is 4.57. The molecule has 2 heterocycles. The Kier molecular flexibility index (Phi) is 5.71. The van der Waals surface area contributed by atoms with Gasteiger partial charge < -0.3 is 18.9 Å². The Morgan fingerprint density at radius 3 is 3.00 bits per heavy atom. The minimum Gasteiger partial charge on any atom is -0.496 e. The molecule has 1 aliphatic rings. The Balaban J connectivity index is 1.65. The molecular formula is C19H24N2O4. The molecule has 0 radical (unpaired) electrons. The van der Waals surface area contributed by atoms with E-state index >= 15 is 0 Å². The van der Waals surface area contributed by atoms with Crippen LogP contribution in [0.4, 0.5) is 0 Å². The lowest BCUT2D eigenvalue weighted by molar-refractivity contribution is 0.0662. The fourth-order valence-electron chi connectivity index (χ4n) is 3.38. The Morgan fingerprint density at radius 2 is 2.20 bits per heavy atom. The number of amides is 1. The molecule has 0 aliphatic carbocycles. The molecule has 0 unspecified atom stereocenters. The van der Waals surface area contributed by atoms with Crippen LogP contribution in [-0.4, -0.2) is 43.3 Å². The molecule has 6 heteroatoms. The molecule has 2 aromatic rings. The highest BCUT2D eigenvalue weighted by Gasteiger charge is 2.27. The number of rotatable bonds is 6. The molecule has 0 N–H and O–H groups in total. The summed E-state index contributed by atoms with van der Waals surface area (Å²) in [6, 6.07) is 9.73. The Bertz CT molecular complexity index is 713. The number of ether oxygens (including phenoxy) is 2. The van der Waals surface area contributed by atoms with Crippen LogP contribution in [-0.2, 0) is 17.8 Å². The maximum atomic E-state index is 12.7. The number of para-hydroxylation sites is 1. The molecule has 134 valence electrons. The van der Waals surface area contributed by atoms with E-state index in [0.29, 0.717) is 24.0 Å². The SMILES string of the molecule is COCc1cc(C(=O)N2CCC[C@H](Cc3ccccc3OC)C2)no1. The number of aromatic nitrogens is 1. The minimum atomic E-state index is -0.0733. The predicted octanol–water partition coefficient (Wildman–Crippen LogP) is 2.92. The number of likely N-dealkylation sites (tertiary alicyclic amines) is 1. The van der Waals surface area contributed by atoms with Crippen molar-refractivity contribution in [2.75, 3.05) is 27.3 Å². The molecule has 1 aromatic carbocycles. The van der Waals surface area contributed by atoms with E-state index in [0.717, 1.165) is 38.1 Å². The zero-order valence-electron chi connectivity index (χ0n) is 14.7. The van der Waals surface area contributed by atoms with Crippen LogP contribution in [0.2, 0.25) is 0 Å². The summed E-state index contributed by atoms with van der Waals surface area (Å²) in [7, 11) is 3.27. The topological polar surface area (TPSA) is 64.8 Å². The molecule has 1 atom stereocenters. The first-order chi connectivity index (χ1) is 12.2. The number of nitrogens with zero attached hydrogens (tertiary/aromatic N) is 2. The largest absolute Gasteiger partial charge is 0.496 e. The zero-order chi connectivity index (χ0) is 17.6. The number of benzene rings is 1. The van der Waals surface area contributed by atoms with Gasteiger partial charge in [-0.3, -0.25) is 4.79 Å². The van der Waals surface area contributed by atoms with Gasteiger partial charge in [-0.05, 0) is 36.8 Å². The van der Waals surface area contributed by atoms with Crippen molar-refractivity contribution in [2.45, 2.75) is 25.9 Å². The minimum absolute atomic E-state index is 0.0733. The second-order valence-electron chi connectivity index (χ2n) is 6.39. The van der Waals surface area contributed by atoms with Crippen molar-refractivity contribution in [1.82, 2.24) is 10.1 Å². The summed E-state index contributed by atoms with van der Waals surface area (Å²) in [4.78, 5) is 14.5. The quantitative estimate of drug-likeness (QED) is 0.806. The number of carbonyl (C=O) groups is 1. The molecule has 6 nitrogen and oxygen atoms in total. The third-order valence-corrected chi connectivity index (χ3v) is 4.57. The number of carbonyl (C=O) groups excluding carboxylic acids is 1. The molecule has 1 amide bonds. The standard InChI is InChI=1S/C19H24N2O4/c1-23-13-16-11-17(20-25-16)19(22)21-9-5-6-14(12-21)10-15-7-3-4-8-18(15)24-2/h3-4,7-8,11,14H,5-6,9-10,12-13H2,1-2H3/t14-/m1/s1. The fourth-order valence-corrected chi connectivity index (χ4v) is 3.38. The number of hydrogen-bond acceptors (Lipinski definition) is 5. The van der Waals surface area contributed by atoms with Gasteiger partial charge in [0.25, 0.3) is 5.91 Å². The predicted molar refractivity (Wildman–Crippen MR) is 92.5 cm³/mol. The van der Waals surface area contributed by atoms with Gasteiger partial charge in [-0.15, -0.1) is 0 Å². The smallest absolute Gasteiger partial charge is 0.276 e. The van der Waals surface area contributed by atoms with Crippen LogP contribution < -0.4 is 4.74 Å². The normalized spacial score (nSPS) is 17.5. The van der Waals surface area contributed by atoms with E-state index in [1.165, 1.54) is 5.56 Å². The van der Waals surface area contributed by atoms with Crippen molar-refractivity contribution >= 4 is 5.91 Å². The van der Waals surface area contributed by atoms with E-state index in [1.807, 2.05) is 23.1 Å². The van der Waals surface area contributed by atoms with Gasteiger partial charge in [-0.2, -0.15) is 0 Å². The van der Waals surface area contributed by atoms with Crippen LogP contribution in [0.25, 0.3) is 0 Å². The highest BCUT2D eigenvalue weighted by Crippen LogP contribution is 2.26. The average Bonchev–Trinajstić information content (AvgIpc) is 3.11. The Morgan fingerprint density at radius 1 is 1.36 bits per heavy atom. The van der Waals surface area contributed by atoms with Crippen LogP contribution in [0.1, 0.15) is 34.7 Å². The number of hydrogen-bond donors (Lipinski definition) is 0. The van der Waals surface area contributed by atoms with E-state index in [-0.39, 0.29) is 5.91 Å². The molecule has 3 rings (SSSR count). The maximum Gasteiger partial charge on any atom is 0.276 e. The van der Waals surface area contributed by atoms with Crippen LogP contribution in [0.5, 0.6) is 5.75 Å². The van der Waals surface area contributed by atoms with Crippen LogP contribution in [0.15, 0.2) is 34.9 Å². The molecule has 0 saturated carbocycles. The fraction of sp³-hybridized carbons (Fsp3) is 0.474. The molecule has 1 fully saturated rings. The van der Waals surface area contributed by atoms with Crippen LogP contribution in [0, 0.1) is 5.92 Å². The van der Waals surface area contributed by atoms with E-state index in [2.05, 4.69) is 11.2 Å². The van der Waals surface area contributed by atoms with Gasteiger partial charge in [0.05, 0.1) is 7.11 Å². The van der Waals surface area contributed by atoms with Gasteiger partial charge in [0.2, 0.25) is 0 Å². The second kappa shape index (κ2) is 8.16. The summed E-state index contributed by atoms with van der Waals surface area (Å²) in [5.41, 5.74) is 1.54. The van der Waals surface area contributed by atoms with Gasteiger partial charge in [0, 0.05) is 26.3 Å². The first-order valence-corrected chi connectivity index (χ1v) is 8.57. The van der Waals surface area contributed by atoms with Gasteiger partial charge in [0.15, 0.2) is 11.5 Å². The number of piperidine rings is 1. The average molecular weight is 344 g/mol. The van der Waals surface area contributed by atoms with Gasteiger partial charge in [0.1, 0.15) is 12.4 Å². The van der Waals surface area contributed by atoms with E-state index in [9.17, 15) is 4.79 Å². The molecule has 1 aromatic heterocycles. The summed E-state index contributed by atoms with van der Waals surface area (Å²) >= 11 is 0. The van der Waals surface area contributed by atoms with Crippen molar-refractivity contribution < 1.29 is 18.8 Å². The van der Waals surface area contributed by atoms with Crippen LogP contribution >= 0.6 is 0 Å². The Hall–Kier alpha value is -2.34. The summed E-state index contributed by atoms with van der Waals surface area (Å²) in [5.74, 6) is 1.82. The van der Waals surface area contributed by atoms with E-state index in [4.69, 9.17) is 14.0 Å². The Labute approximate surface area is 147 Å². The molecule has 25 heavy (non-hydrogen) atoms. The first kappa shape index (κ1) is 17.5. The van der Waals surface area contributed by atoms with Gasteiger partial charge in [-0.1, -0.05) is 23.4 Å². The van der Waals surface area contributed by atoms with Crippen molar-refractivity contribution in [3.8, 4) is 5.75 Å².